The number of benzene rings is 1. The van der Waals surface area contributed by atoms with Gasteiger partial charge in [-0.05, 0) is 17.7 Å². The Bertz CT molecular complexity index is 474. The maximum Gasteiger partial charge on any atom is 0.310 e. The van der Waals surface area contributed by atoms with Crippen molar-refractivity contribution < 1.29 is 19.0 Å². The largest absolute Gasteiger partial charge is 0.469 e. The maximum absolute atomic E-state index is 11.7. The van der Waals surface area contributed by atoms with E-state index in [1.165, 1.54) is 7.11 Å². The first-order valence-electron chi connectivity index (χ1n) is 5.97. The lowest BCUT2D eigenvalue weighted by molar-refractivity contribution is -0.145. The van der Waals surface area contributed by atoms with Crippen LogP contribution in [-0.4, -0.2) is 33.0 Å². The van der Waals surface area contributed by atoms with Crippen LogP contribution >= 0.6 is 0 Å². The Morgan fingerprint density at radius 3 is 3.00 bits per heavy atom. The van der Waals surface area contributed by atoms with Crippen LogP contribution < -0.4 is 14.8 Å². The summed E-state index contributed by atoms with van der Waals surface area (Å²) in [4.78, 5) is 11.7. The highest BCUT2D eigenvalue weighted by atomic mass is 16.7. The number of rotatable bonds is 2. The molecular weight excluding hydrogens is 234 g/mol. The maximum atomic E-state index is 11.7. The summed E-state index contributed by atoms with van der Waals surface area (Å²) in [5.74, 6) is 1.35. The van der Waals surface area contributed by atoms with Crippen LogP contribution in [0.3, 0.4) is 0 Å². The zero-order valence-electron chi connectivity index (χ0n) is 10.1. The second-order valence-electron chi connectivity index (χ2n) is 4.51. The van der Waals surface area contributed by atoms with Crippen molar-refractivity contribution in [2.75, 3.05) is 27.0 Å². The van der Waals surface area contributed by atoms with Gasteiger partial charge in [-0.1, -0.05) is 6.07 Å². The molecule has 1 N–H and O–H groups in total. The molecule has 0 radical (unpaired) electrons. The van der Waals surface area contributed by atoms with Crippen LogP contribution in [0.5, 0.6) is 11.5 Å². The molecule has 0 bridgehead atoms. The van der Waals surface area contributed by atoms with E-state index in [4.69, 9.17) is 14.2 Å². The zero-order chi connectivity index (χ0) is 12.5. The van der Waals surface area contributed by atoms with Gasteiger partial charge in [0.1, 0.15) is 0 Å². The summed E-state index contributed by atoms with van der Waals surface area (Å²) in [7, 11) is 1.43. The highest BCUT2D eigenvalue weighted by Crippen LogP contribution is 2.37. The summed E-state index contributed by atoms with van der Waals surface area (Å²) in [5.41, 5.74) is 1.08. The second-order valence-corrected chi connectivity index (χ2v) is 4.51. The van der Waals surface area contributed by atoms with Gasteiger partial charge in [-0.2, -0.15) is 0 Å². The molecule has 0 spiro atoms. The molecular formula is C13H15NO4. The van der Waals surface area contributed by atoms with E-state index < -0.39 is 0 Å². The van der Waals surface area contributed by atoms with E-state index in [0.29, 0.717) is 6.54 Å². The van der Waals surface area contributed by atoms with Crippen LogP contribution in [-0.2, 0) is 9.53 Å². The quantitative estimate of drug-likeness (QED) is 0.789. The summed E-state index contributed by atoms with van der Waals surface area (Å²) < 4.78 is 15.5. The van der Waals surface area contributed by atoms with Crippen molar-refractivity contribution in [2.24, 2.45) is 5.92 Å². The normalized spacial score (nSPS) is 25.2. The smallest absolute Gasteiger partial charge is 0.310 e. The second kappa shape index (κ2) is 4.49. The van der Waals surface area contributed by atoms with Crippen LogP contribution in [0.2, 0.25) is 0 Å². The number of ether oxygens (including phenoxy) is 3. The molecule has 1 aromatic carbocycles. The fourth-order valence-corrected chi connectivity index (χ4v) is 2.57. The third-order valence-electron chi connectivity index (χ3n) is 3.54. The zero-order valence-corrected chi connectivity index (χ0v) is 10.1. The molecule has 2 atom stereocenters. The molecule has 5 nitrogen and oxygen atoms in total. The van der Waals surface area contributed by atoms with Crippen molar-refractivity contribution >= 4 is 5.97 Å². The van der Waals surface area contributed by atoms with E-state index in [0.717, 1.165) is 23.6 Å². The Morgan fingerprint density at radius 2 is 2.17 bits per heavy atom. The van der Waals surface area contributed by atoms with E-state index in [1.807, 2.05) is 18.2 Å². The van der Waals surface area contributed by atoms with Crippen molar-refractivity contribution in [2.45, 2.75) is 5.92 Å². The molecule has 1 fully saturated rings. The summed E-state index contributed by atoms with van der Waals surface area (Å²) in [6.07, 6.45) is 0. The minimum absolute atomic E-state index is 0.129. The molecule has 96 valence electrons. The molecule has 0 amide bonds. The Morgan fingerprint density at radius 1 is 1.33 bits per heavy atom. The number of methoxy groups -OCH3 is 1. The van der Waals surface area contributed by atoms with Crippen molar-refractivity contribution in [1.29, 1.82) is 0 Å². The van der Waals surface area contributed by atoms with Gasteiger partial charge in [0.05, 0.1) is 13.0 Å². The number of fused-ring (bicyclic) bond motifs is 1. The predicted molar refractivity (Wildman–Crippen MR) is 63.7 cm³/mol. The fourth-order valence-electron chi connectivity index (χ4n) is 2.57. The molecule has 1 saturated heterocycles. The van der Waals surface area contributed by atoms with E-state index in [1.54, 1.807) is 0 Å². The van der Waals surface area contributed by atoms with Crippen LogP contribution in [0.1, 0.15) is 11.5 Å². The van der Waals surface area contributed by atoms with Gasteiger partial charge in [0.25, 0.3) is 0 Å². The highest BCUT2D eigenvalue weighted by Gasteiger charge is 2.35. The number of carbonyl (C=O) groups is 1. The first kappa shape index (κ1) is 11.3. The Balaban J connectivity index is 1.87. The molecule has 0 saturated carbocycles. The van der Waals surface area contributed by atoms with Gasteiger partial charge in [0.2, 0.25) is 6.79 Å². The third-order valence-corrected chi connectivity index (χ3v) is 3.54. The summed E-state index contributed by atoms with van der Waals surface area (Å²) in [5, 5.41) is 3.23. The van der Waals surface area contributed by atoms with Gasteiger partial charge < -0.3 is 19.5 Å². The van der Waals surface area contributed by atoms with Crippen LogP contribution in [0.4, 0.5) is 0 Å². The average molecular weight is 249 g/mol. The molecule has 1 aromatic rings. The molecule has 0 aromatic heterocycles. The lowest BCUT2D eigenvalue weighted by atomic mass is 9.89. The SMILES string of the molecule is COC(=O)[C@H]1CNC[C@H]1c1ccc2c(c1)OCO2. The molecule has 2 aliphatic rings. The third kappa shape index (κ3) is 1.80. The van der Waals surface area contributed by atoms with Gasteiger partial charge in [-0.15, -0.1) is 0 Å². The van der Waals surface area contributed by atoms with Gasteiger partial charge in [0.15, 0.2) is 11.5 Å². The molecule has 3 rings (SSSR count). The first-order valence-corrected chi connectivity index (χ1v) is 5.97. The number of hydrogen-bond donors (Lipinski definition) is 1. The topological polar surface area (TPSA) is 56.8 Å². The summed E-state index contributed by atoms with van der Waals surface area (Å²) in [6.45, 7) is 1.70. The fraction of sp³-hybridized carbons (Fsp3) is 0.462. The van der Waals surface area contributed by atoms with Crippen molar-refractivity contribution in [3.63, 3.8) is 0 Å². The first-order chi connectivity index (χ1) is 8.79. The van der Waals surface area contributed by atoms with Crippen molar-refractivity contribution in [1.82, 2.24) is 5.32 Å². The number of hydrogen-bond acceptors (Lipinski definition) is 5. The standard InChI is InChI=1S/C13H15NO4/c1-16-13(15)10-6-14-5-9(10)8-2-3-11-12(4-8)18-7-17-11/h2-4,9-10,14H,5-7H2,1H3/t9-,10-/m0/s1. The summed E-state index contributed by atoms with van der Waals surface area (Å²) in [6, 6.07) is 5.83. The van der Waals surface area contributed by atoms with E-state index in [-0.39, 0.29) is 24.6 Å². The number of nitrogens with one attached hydrogen (secondary N) is 1. The highest BCUT2D eigenvalue weighted by molar-refractivity contribution is 5.74. The molecule has 0 unspecified atom stereocenters. The minimum atomic E-state index is -0.164. The molecule has 18 heavy (non-hydrogen) atoms. The monoisotopic (exact) mass is 249 g/mol. The molecule has 2 heterocycles. The van der Waals surface area contributed by atoms with Gasteiger partial charge in [-0.25, -0.2) is 0 Å². The van der Waals surface area contributed by atoms with Crippen LogP contribution in [0.25, 0.3) is 0 Å². The molecule has 2 aliphatic heterocycles. The predicted octanol–water partition coefficient (Wildman–Crippen LogP) is 0.891. The van der Waals surface area contributed by atoms with E-state index in [9.17, 15) is 4.79 Å². The van der Waals surface area contributed by atoms with Crippen molar-refractivity contribution in [3.05, 3.63) is 23.8 Å². The average Bonchev–Trinajstić information content (AvgIpc) is 3.05. The Kier molecular flexibility index (Phi) is 2.83. The van der Waals surface area contributed by atoms with Crippen LogP contribution in [0.15, 0.2) is 18.2 Å². The summed E-state index contributed by atoms with van der Waals surface area (Å²) >= 11 is 0. The van der Waals surface area contributed by atoms with Gasteiger partial charge >= 0.3 is 5.97 Å². The minimum Gasteiger partial charge on any atom is -0.469 e. The number of esters is 1. The van der Waals surface area contributed by atoms with Gasteiger partial charge in [-0.3, -0.25) is 4.79 Å². The molecule has 5 heteroatoms. The van der Waals surface area contributed by atoms with Gasteiger partial charge in [0, 0.05) is 19.0 Å². The van der Waals surface area contributed by atoms with E-state index in [2.05, 4.69) is 5.32 Å². The Hall–Kier alpha value is -1.75. The van der Waals surface area contributed by atoms with Crippen LogP contribution in [0, 0.1) is 5.92 Å². The lowest BCUT2D eigenvalue weighted by Crippen LogP contribution is -2.22. The van der Waals surface area contributed by atoms with Crippen molar-refractivity contribution in [3.8, 4) is 11.5 Å². The Labute approximate surface area is 105 Å². The lowest BCUT2D eigenvalue weighted by Gasteiger charge is -2.16. The van der Waals surface area contributed by atoms with E-state index >= 15 is 0 Å². The number of carbonyl (C=O) groups excluding carboxylic acids is 1. The molecule has 0 aliphatic carbocycles.